The van der Waals surface area contributed by atoms with Gasteiger partial charge in [0.15, 0.2) is 0 Å². The fourth-order valence-electron chi connectivity index (χ4n) is 5.33. The van der Waals surface area contributed by atoms with Gasteiger partial charge in [-0.05, 0) is 123 Å². The number of benzene rings is 1. The third-order valence-electron chi connectivity index (χ3n) is 7.36. The van der Waals surface area contributed by atoms with Crippen LogP contribution in [0.2, 0.25) is 10.6 Å². The van der Waals surface area contributed by atoms with Gasteiger partial charge in [-0.25, -0.2) is 19.9 Å². The standard InChI is InChI=1S/C21H28BrClN4O2.C10H15ClN4/c1-4-28-17-11-15(12-18(20(17)22)29-5-2)13-27-8-6-16(7-9-27)25-19-10-14(3)24-21(23)26-19;1-7-6-9(15-10(11)13-7)14-8-2-4-12-5-3-8/h10-12,16H,4-9,13H2,1-3H3,(H,24,25,26);6,8,12H,2-5H2,1H3,(H,13,14,15). The molecule has 13 heteroatoms. The van der Waals surface area contributed by atoms with Gasteiger partial charge in [0, 0.05) is 55.2 Å². The summed E-state index contributed by atoms with van der Waals surface area (Å²) < 4.78 is 12.4. The predicted octanol–water partition coefficient (Wildman–Crippen LogP) is 6.68. The summed E-state index contributed by atoms with van der Waals surface area (Å²) in [6.45, 7) is 14.1. The van der Waals surface area contributed by atoms with Crippen molar-refractivity contribution in [2.24, 2.45) is 0 Å². The largest absolute Gasteiger partial charge is 0.493 e. The summed E-state index contributed by atoms with van der Waals surface area (Å²) in [4.78, 5) is 19.0. The first kappa shape index (κ1) is 34.4. The van der Waals surface area contributed by atoms with Crippen LogP contribution in [0.4, 0.5) is 11.6 Å². The number of aromatic nitrogens is 4. The quantitative estimate of drug-likeness (QED) is 0.197. The molecule has 2 aliphatic rings. The molecule has 0 aliphatic carbocycles. The van der Waals surface area contributed by atoms with Crippen molar-refractivity contribution >= 4 is 50.8 Å². The van der Waals surface area contributed by atoms with E-state index in [1.807, 2.05) is 39.8 Å². The van der Waals surface area contributed by atoms with Crippen LogP contribution in [0.1, 0.15) is 56.5 Å². The number of nitrogens with one attached hydrogen (secondary N) is 3. The molecule has 5 rings (SSSR count). The molecule has 1 aromatic carbocycles. The molecule has 44 heavy (non-hydrogen) atoms. The summed E-state index contributed by atoms with van der Waals surface area (Å²) in [5, 5.41) is 10.8. The maximum atomic E-state index is 5.97. The van der Waals surface area contributed by atoms with Crippen molar-refractivity contribution in [2.75, 3.05) is 50.0 Å². The number of aryl methyl sites for hydroxylation is 2. The lowest BCUT2D eigenvalue weighted by Crippen LogP contribution is -2.38. The number of anilines is 2. The van der Waals surface area contributed by atoms with Gasteiger partial charge < -0.3 is 25.4 Å². The fraction of sp³-hybridized carbons (Fsp3) is 0.548. The maximum Gasteiger partial charge on any atom is 0.224 e. The Morgan fingerprint density at radius 2 is 1.27 bits per heavy atom. The van der Waals surface area contributed by atoms with Gasteiger partial charge in [-0.3, -0.25) is 4.90 Å². The van der Waals surface area contributed by atoms with Crippen LogP contribution >= 0.6 is 39.1 Å². The van der Waals surface area contributed by atoms with E-state index in [1.165, 1.54) is 5.56 Å². The van der Waals surface area contributed by atoms with Crippen LogP contribution in [0.3, 0.4) is 0 Å². The molecule has 0 radical (unpaired) electrons. The summed E-state index contributed by atoms with van der Waals surface area (Å²) in [7, 11) is 0. The van der Waals surface area contributed by atoms with E-state index in [2.05, 4.69) is 68.8 Å². The van der Waals surface area contributed by atoms with Crippen LogP contribution in [0.15, 0.2) is 28.7 Å². The molecule has 0 atom stereocenters. The highest BCUT2D eigenvalue weighted by Crippen LogP contribution is 2.36. The highest BCUT2D eigenvalue weighted by atomic mass is 79.9. The predicted molar refractivity (Wildman–Crippen MR) is 181 cm³/mol. The van der Waals surface area contributed by atoms with E-state index in [4.69, 9.17) is 32.7 Å². The summed E-state index contributed by atoms with van der Waals surface area (Å²) in [5.41, 5.74) is 2.96. The number of hydrogen-bond donors (Lipinski definition) is 3. The third-order valence-corrected chi connectivity index (χ3v) is 8.48. The lowest BCUT2D eigenvalue weighted by atomic mass is 10.0. The van der Waals surface area contributed by atoms with E-state index in [0.717, 1.165) is 97.4 Å². The van der Waals surface area contributed by atoms with E-state index in [0.29, 0.717) is 30.6 Å². The topological polar surface area (TPSA) is 109 Å². The molecule has 0 unspecified atom stereocenters. The third kappa shape index (κ3) is 10.9. The first-order valence-corrected chi connectivity index (χ1v) is 16.8. The summed E-state index contributed by atoms with van der Waals surface area (Å²) in [6, 6.07) is 8.95. The molecule has 0 saturated carbocycles. The zero-order valence-electron chi connectivity index (χ0n) is 25.9. The first-order chi connectivity index (χ1) is 21.2. The first-order valence-electron chi connectivity index (χ1n) is 15.3. The molecule has 2 fully saturated rings. The van der Waals surface area contributed by atoms with Crippen molar-refractivity contribution in [1.82, 2.24) is 30.2 Å². The Balaban J connectivity index is 0.000000246. The van der Waals surface area contributed by atoms with Gasteiger partial charge in [0.2, 0.25) is 10.6 Å². The lowest BCUT2D eigenvalue weighted by Gasteiger charge is -2.32. The Hall–Kier alpha value is -2.44. The summed E-state index contributed by atoms with van der Waals surface area (Å²) in [6.07, 6.45) is 4.35. The second-order valence-corrected chi connectivity index (χ2v) is 12.4. The zero-order valence-corrected chi connectivity index (χ0v) is 29.0. The Bertz CT molecular complexity index is 1290. The molecule has 0 bridgehead atoms. The van der Waals surface area contributed by atoms with Crippen LogP contribution in [0.5, 0.6) is 11.5 Å². The minimum atomic E-state index is 0.287. The number of piperidine rings is 2. The fourth-order valence-corrected chi connectivity index (χ4v) is 6.24. The van der Waals surface area contributed by atoms with Gasteiger partial charge in [-0.15, -0.1) is 0 Å². The smallest absolute Gasteiger partial charge is 0.224 e. The molecule has 3 aromatic rings. The monoisotopic (exact) mass is 708 g/mol. The van der Waals surface area contributed by atoms with Crippen LogP contribution in [-0.4, -0.2) is 76.3 Å². The summed E-state index contributed by atoms with van der Waals surface area (Å²) in [5.74, 6) is 3.30. The molecule has 0 spiro atoms. The number of likely N-dealkylation sites (tertiary alicyclic amines) is 1. The SMILES string of the molecule is CCOc1cc(CN2CCC(Nc3cc(C)nc(Cl)n3)CC2)cc(OCC)c1Br.Cc1cc(NC2CCNCC2)nc(Cl)n1. The molecular weight excluding hydrogens is 667 g/mol. The van der Waals surface area contributed by atoms with Gasteiger partial charge in [0.25, 0.3) is 0 Å². The second kappa shape index (κ2) is 17.3. The minimum Gasteiger partial charge on any atom is -0.493 e. The molecule has 0 amide bonds. The Morgan fingerprint density at radius 3 is 1.73 bits per heavy atom. The number of hydrogen-bond acceptors (Lipinski definition) is 10. The molecular formula is C31H43BrCl2N8O2. The average Bonchev–Trinajstić information content (AvgIpc) is 2.97. The summed E-state index contributed by atoms with van der Waals surface area (Å²) >= 11 is 15.4. The lowest BCUT2D eigenvalue weighted by molar-refractivity contribution is 0.210. The molecule has 2 saturated heterocycles. The van der Waals surface area contributed by atoms with Crippen LogP contribution < -0.4 is 25.4 Å². The molecule has 240 valence electrons. The highest BCUT2D eigenvalue weighted by molar-refractivity contribution is 9.10. The van der Waals surface area contributed by atoms with Crippen LogP contribution in [-0.2, 0) is 6.54 Å². The average molecular weight is 711 g/mol. The van der Waals surface area contributed by atoms with Crippen molar-refractivity contribution in [2.45, 2.75) is 72.0 Å². The number of ether oxygens (including phenoxy) is 2. The van der Waals surface area contributed by atoms with E-state index in [9.17, 15) is 0 Å². The van der Waals surface area contributed by atoms with E-state index in [-0.39, 0.29) is 5.28 Å². The van der Waals surface area contributed by atoms with Gasteiger partial charge in [-0.2, -0.15) is 0 Å². The van der Waals surface area contributed by atoms with E-state index in [1.54, 1.807) is 0 Å². The second-order valence-electron chi connectivity index (χ2n) is 11.0. The van der Waals surface area contributed by atoms with Crippen molar-refractivity contribution in [1.29, 1.82) is 0 Å². The van der Waals surface area contributed by atoms with E-state index < -0.39 is 0 Å². The molecule has 10 nitrogen and oxygen atoms in total. The molecule has 4 heterocycles. The molecule has 2 aromatic heterocycles. The maximum absolute atomic E-state index is 5.97. The number of halogens is 3. The minimum absolute atomic E-state index is 0.287. The molecule has 2 aliphatic heterocycles. The normalized spacial score (nSPS) is 16.2. The van der Waals surface area contributed by atoms with Crippen LogP contribution in [0.25, 0.3) is 0 Å². The Kier molecular flexibility index (Phi) is 13.5. The van der Waals surface area contributed by atoms with Gasteiger partial charge >= 0.3 is 0 Å². The van der Waals surface area contributed by atoms with Crippen molar-refractivity contribution in [3.63, 3.8) is 0 Å². The number of rotatable bonds is 10. The van der Waals surface area contributed by atoms with Gasteiger partial charge in [-0.1, -0.05) is 0 Å². The van der Waals surface area contributed by atoms with Crippen LogP contribution in [0, 0.1) is 13.8 Å². The van der Waals surface area contributed by atoms with E-state index >= 15 is 0 Å². The zero-order chi connectivity index (χ0) is 31.5. The Labute approximate surface area is 279 Å². The highest BCUT2D eigenvalue weighted by Gasteiger charge is 2.21. The molecule has 3 N–H and O–H groups in total. The van der Waals surface area contributed by atoms with Crippen molar-refractivity contribution in [3.8, 4) is 11.5 Å². The Morgan fingerprint density at radius 1 is 0.795 bits per heavy atom. The van der Waals surface area contributed by atoms with Crippen molar-refractivity contribution < 1.29 is 9.47 Å². The van der Waals surface area contributed by atoms with Gasteiger partial charge in [0.1, 0.15) is 27.6 Å². The van der Waals surface area contributed by atoms with Crippen molar-refractivity contribution in [3.05, 3.63) is 56.3 Å². The number of nitrogens with zero attached hydrogens (tertiary/aromatic N) is 5. The van der Waals surface area contributed by atoms with Gasteiger partial charge in [0.05, 0.1) is 13.2 Å².